The first-order chi connectivity index (χ1) is 9.15. The average Bonchev–Trinajstić information content (AvgIpc) is 2.90. The molecule has 1 aromatic heterocycles. The summed E-state index contributed by atoms with van der Waals surface area (Å²) >= 11 is 1.72. The lowest BCUT2D eigenvalue weighted by Gasteiger charge is -2.23. The number of amides is 1. The fourth-order valence-electron chi connectivity index (χ4n) is 2.62. The lowest BCUT2D eigenvalue weighted by molar-refractivity contribution is -0.130. The minimum absolute atomic E-state index is 0.541. The van der Waals surface area contributed by atoms with Crippen LogP contribution in [-0.2, 0) is 11.3 Å². The second-order valence-corrected chi connectivity index (χ2v) is 6.45. The molecule has 0 spiro atoms. The normalized spacial score (nSPS) is 20.3. The molecular weight excluding hydrogens is 258 g/mol. The van der Waals surface area contributed by atoms with Crippen LogP contribution in [0.2, 0.25) is 0 Å². The Hall–Kier alpha value is -1.46. The minimum Gasteiger partial charge on any atom is -0.277 e. The van der Waals surface area contributed by atoms with E-state index in [2.05, 4.69) is 35.1 Å². The van der Waals surface area contributed by atoms with E-state index in [0.717, 1.165) is 36.6 Å². The number of aryl methyl sites for hydroxylation is 1. The molecule has 2 aromatic rings. The number of carbonyl (C=O) groups is 1. The zero-order valence-corrected chi connectivity index (χ0v) is 12.0. The number of thiazole rings is 1. The first-order valence-corrected chi connectivity index (χ1v) is 7.30. The summed E-state index contributed by atoms with van der Waals surface area (Å²) in [7, 11) is 0. The highest BCUT2D eigenvalue weighted by Crippen LogP contribution is 2.24. The van der Waals surface area contributed by atoms with Gasteiger partial charge in [-0.1, -0.05) is 13.0 Å². The highest BCUT2D eigenvalue weighted by Gasteiger charge is 2.26. The Morgan fingerprint density at radius 1 is 1.47 bits per heavy atom. The molecular formula is C14H17N3OS. The fourth-order valence-corrected chi connectivity index (χ4v) is 3.51. The molecule has 3 rings (SSSR count). The Labute approximate surface area is 116 Å². The Morgan fingerprint density at radius 3 is 3.11 bits per heavy atom. The van der Waals surface area contributed by atoms with Gasteiger partial charge in [-0.05, 0) is 30.5 Å². The number of fused-ring (bicyclic) bond motifs is 1. The SMILES string of the molecule is Cc1nc2ccc(CN3CC(C)CN3C=O)cc2s1. The Kier molecular flexibility index (Phi) is 3.24. The zero-order chi connectivity index (χ0) is 13.4. The molecule has 0 aliphatic carbocycles. The molecule has 1 unspecified atom stereocenters. The standard InChI is InChI=1S/C14H17N3OS/c1-10-6-16(17(7-10)9-18)8-12-3-4-13-14(5-12)19-11(2)15-13/h3-5,9-10H,6-8H2,1-2H3. The second-order valence-electron chi connectivity index (χ2n) is 5.21. The molecule has 1 aliphatic rings. The van der Waals surface area contributed by atoms with Crippen LogP contribution in [0.25, 0.3) is 10.2 Å². The Morgan fingerprint density at radius 2 is 2.32 bits per heavy atom. The number of rotatable bonds is 3. The van der Waals surface area contributed by atoms with E-state index in [1.54, 1.807) is 16.3 Å². The van der Waals surface area contributed by atoms with Gasteiger partial charge in [-0.25, -0.2) is 9.99 Å². The molecule has 100 valence electrons. The van der Waals surface area contributed by atoms with Crippen molar-refractivity contribution < 1.29 is 4.79 Å². The third-order valence-corrected chi connectivity index (χ3v) is 4.36. The number of aromatic nitrogens is 1. The van der Waals surface area contributed by atoms with Crippen molar-refractivity contribution in [2.75, 3.05) is 13.1 Å². The third kappa shape index (κ3) is 2.48. The highest BCUT2D eigenvalue weighted by atomic mass is 32.1. The summed E-state index contributed by atoms with van der Waals surface area (Å²) in [5.74, 6) is 0.541. The molecule has 1 saturated heterocycles. The summed E-state index contributed by atoms with van der Waals surface area (Å²) in [6, 6.07) is 6.36. The van der Waals surface area contributed by atoms with Gasteiger partial charge in [0.1, 0.15) is 0 Å². The highest BCUT2D eigenvalue weighted by molar-refractivity contribution is 7.18. The third-order valence-electron chi connectivity index (χ3n) is 3.43. The van der Waals surface area contributed by atoms with Crippen molar-refractivity contribution >= 4 is 28.0 Å². The topological polar surface area (TPSA) is 36.4 Å². The summed E-state index contributed by atoms with van der Waals surface area (Å²) in [5, 5.41) is 5.00. The van der Waals surface area contributed by atoms with Crippen molar-refractivity contribution in [3.05, 3.63) is 28.8 Å². The van der Waals surface area contributed by atoms with Gasteiger partial charge >= 0.3 is 0 Å². The summed E-state index contributed by atoms with van der Waals surface area (Å²) in [5.41, 5.74) is 2.30. The quantitative estimate of drug-likeness (QED) is 0.807. The van der Waals surface area contributed by atoms with Gasteiger partial charge in [0.15, 0.2) is 0 Å². The maximum atomic E-state index is 11.0. The van der Waals surface area contributed by atoms with Crippen LogP contribution >= 0.6 is 11.3 Å². The molecule has 1 aromatic carbocycles. The van der Waals surface area contributed by atoms with Gasteiger partial charge < -0.3 is 0 Å². The van der Waals surface area contributed by atoms with Gasteiger partial charge in [-0.15, -0.1) is 11.3 Å². The molecule has 1 fully saturated rings. The number of hydrogen-bond acceptors (Lipinski definition) is 4. The van der Waals surface area contributed by atoms with Crippen molar-refractivity contribution in [3.63, 3.8) is 0 Å². The molecule has 5 heteroatoms. The number of nitrogens with zero attached hydrogens (tertiary/aromatic N) is 3. The van der Waals surface area contributed by atoms with E-state index >= 15 is 0 Å². The number of hydrazine groups is 1. The van der Waals surface area contributed by atoms with E-state index in [-0.39, 0.29) is 0 Å². The average molecular weight is 275 g/mol. The molecule has 1 atom stereocenters. The van der Waals surface area contributed by atoms with Crippen LogP contribution in [0.3, 0.4) is 0 Å². The molecule has 0 N–H and O–H groups in total. The van der Waals surface area contributed by atoms with Gasteiger partial charge in [0.2, 0.25) is 6.41 Å². The first kappa shape index (κ1) is 12.6. The van der Waals surface area contributed by atoms with E-state index < -0.39 is 0 Å². The molecule has 19 heavy (non-hydrogen) atoms. The summed E-state index contributed by atoms with van der Waals surface area (Å²) in [6.45, 7) is 6.76. The van der Waals surface area contributed by atoms with E-state index in [1.807, 2.05) is 6.92 Å². The van der Waals surface area contributed by atoms with Crippen molar-refractivity contribution in [2.45, 2.75) is 20.4 Å². The predicted octanol–water partition coefficient (Wildman–Crippen LogP) is 2.43. The summed E-state index contributed by atoms with van der Waals surface area (Å²) < 4.78 is 1.22. The lowest BCUT2D eigenvalue weighted by atomic mass is 10.2. The summed E-state index contributed by atoms with van der Waals surface area (Å²) in [4.78, 5) is 15.5. The molecule has 0 saturated carbocycles. The molecule has 1 aliphatic heterocycles. The number of carbonyl (C=O) groups excluding carboxylic acids is 1. The molecule has 2 heterocycles. The van der Waals surface area contributed by atoms with Crippen LogP contribution < -0.4 is 0 Å². The predicted molar refractivity (Wildman–Crippen MR) is 76.7 cm³/mol. The Balaban J connectivity index is 1.82. The van der Waals surface area contributed by atoms with Gasteiger partial charge in [0.05, 0.1) is 15.2 Å². The van der Waals surface area contributed by atoms with E-state index in [0.29, 0.717) is 5.92 Å². The smallest absolute Gasteiger partial charge is 0.224 e. The van der Waals surface area contributed by atoms with Crippen molar-refractivity contribution in [1.82, 2.24) is 15.0 Å². The molecule has 4 nitrogen and oxygen atoms in total. The van der Waals surface area contributed by atoms with Gasteiger partial charge in [-0.2, -0.15) is 0 Å². The second kappa shape index (κ2) is 4.90. The lowest BCUT2D eigenvalue weighted by Crippen LogP contribution is -2.34. The minimum atomic E-state index is 0.541. The van der Waals surface area contributed by atoms with E-state index in [9.17, 15) is 4.79 Å². The van der Waals surface area contributed by atoms with Crippen molar-refractivity contribution in [2.24, 2.45) is 5.92 Å². The van der Waals surface area contributed by atoms with Crippen LogP contribution in [0.4, 0.5) is 0 Å². The van der Waals surface area contributed by atoms with Crippen LogP contribution in [0.1, 0.15) is 17.5 Å². The molecule has 0 radical (unpaired) electrons. The van der Waals surface area contributed by atoms with Crippen LogP contribution in [-0.4, -0.2) is 34.5 Å². The Bertz CT molecular complexity index is 610. The number of benzene rings is 1. The van der Waals surface area contributed by atoms with Crippen molar-refractivity contribution in [3.8, 4) is 0 Å². The van der Waals surface area contributed by atoms with E-state index in [4.69, 9.17) is 0 Å². The number of hydrogen-bond donors (Lipinski definition) is 0. The van der Waals surface area contributed by atoms with E-state index in [1.165, 1.54) is 10.3 Å². The maximum absolute atomic E-state index is 11.0. The van der Waals surface area contributed by atoms with Gasteiger partial charge in [0.25, 0.3) is 0 Å². The van der Waals surface area contributed by atoms with Gasteiger partial charge in [0, 0.05) is 19.6 Å². The van der Waals surface area contributed by atoms with Crippen LogP contribution in [0.5, 0.6) is 0 Å². The monoisotopic (exact) mass is 275 g/mol. The fraction of sp³-hybridized carbons (Fsp3) is 0.429. The van der Waals surface area contributed by atoms with Gasteiger partial charge in [-0.3, -0.25) is 9.80 Å². The van der Waals surface area contributed by atoms with Crippen LogP contribution in [0, 0.1) is 12.8 Å². The zero-order valence-electron chi connectivity index (χ0n) is 11.2. The van der Waals surface area contributed by atoms with Crippen LogP contribution in [0.15, 0.2) is 18.2 Å². The maximum Gasteiger partial charge on any atom is 0.224 e. The summed E-state index contributed by atoms with van der Waals surface area (Å²) in [6.07, 6.45) is 0.929. The first-order valence-electron chi connectivity index (χ1n) is 6.48. The molecule has 0 bridgehead atoms. The van der Waals surface area contributed by atoms with Crippen molar-refractivity contribution in [1.29, 1.82) is 0 Å². The largest absolute Gasteiger partial charge is 0.277 e. The molecule has 1 amide bonds.